The lowest BCUT2D eigenvalue weighted by Gasteiger charge is -2.25. The van der Waals surface area contributed by atoms with E-state index in [4.69, 9.17) is 9.84 Å². The van der Waals surface area contributed by atoms with E-state index in [1.165, 1.54) is 16.0 Å². The van der Waals surface area contributed by atoms with Crippen LogP contribution in [0.15, 0.2) is 48.5 Å². The fourth-order valence-electron chi connectivity index (χ4n) is 5.27. The number of thioether (sulfide) groups is 1. The summed E-state index contributed by atoms with van der Waals surface area (Å²) in [7, 11) is 0. The zero-order valence-corrected chi connectivity index (χ0v) is 20.8. The summed E-state index contributed by atoms with van der Waals surface area (Å²) in [6.45, 7) is 0.358. The number of carboxylic acid groups (broad SMARTS) is 1. The Hall–Kier alpha value is -3.00. The van der Waals surface area contributed by atoms with Crippen LogP contribution in [-0.2, 0) is 14.3 Å². The fraction of sp³-hybridized carbons (Fsp3) is 0.444. The van der Waals surface area contributed by atoms with Crippen LogP contribution < -0.4 is 5.32 Å². The molecule has 2 aliphatic carbocycles. The lowest BCUT2D eigenvalue weighted by Crippen LogP contribution is -2.42. The minimum Gasteiger partial charge on any atom is -0.480 e. The van der Waals surface area contributed by atoms with Crippen molar-refractivity contribution in [3.8, 4) is 11.1 Å². The van der Waals surface area contributed by atoms with Crippen LogP contribution in [0, 0.1) is 5.92 Å². The first-order chi connectivity index (χ1) is 17.0. The third-order valence-electron chi connectivity index (χ3n) is 6.99. The van der Waals surface area contributed by atoms with Gasteiger partial charge in [0.05, 0.1) is 0 Å². The number of carbonyl (C=O) groups excluding carboxylic acids is 2. The van der Waals surface area contributed by atoms with Gasteiger partial charge in [-0.2, -0.15) is 11.8 Å². The van der Waals surface area contributed by atoms with Crippen LogP contribution >= 0.6 is 11.8 Å². The molecule has 0 aromatic heterocycles. The molecule has 2 amide bonds. The van der Waals surface area contributed by atoms with Crippen molar-refractivity contribution in [1.29, 1.82) is 0 Å². The number of alkyl carbamates (subject to hydrolysis) is 1. The van der Waals surface area contributed by atoms with Crippen LogP contribution in [0.1, 0.15) is 42.7 Å². The number of nitrogens with zero attached hydrogens (tertiary/aromatic N) is 1. The molecule has 0 saturated heterocycles. The van der Waals surface area contributed by atoms with Crippen LogP contribution in [0.3, 0.4) is 0 Å². The van der Waals surface area contributed by atoms with Gasteiger partial charge < -0.3 is 20.1 Å². The zero-order chi connectivity index (χ0) is 24.8. The fourth-order valence-corrected chi connectivity index (χ4v) is 5.68. The Labute approximate surface area is 210 Å². The number of amides is 2. The normalized spacial score (nSPS) is 18.5. The molecule has 2 aromatic carbocycles. The average molecular weight is 497 g/mol. The monoisotopic (exact) mass is 496 g/mol. The van der Waals surface area contributed by atoms with E-state index in [-0.39, 0.29) is 43.4 Å². The second-order valence-corrected chi connectivity index (χ2v) is 10.2. The van der Waals surface area contributed by atoms with E-state index < -0.39 is 12.1 Å². The van der Waals surface area contributed by atoms with Gasteiger partial charge in [-0.15, -0.1) is 0 Å². The molecule has 2 aromatic rings. The molecule has 0 heterocycles. The summed E-state index contributed by atoms with van der Waals surface area (Å²) >= 11 is 1.57. The summed E-state index contributed by atoms with van der Waals surface area (Å²) in [5, 5.41) is 12.1. The molecule has 2 atom stereocenters. The Kier molecular flexibility index (Phi) is 8.33. The number of nitrogens with one attached hydrogen (secondary N) is 1. The van der Waals surface area contributed by atoms with E-state index in [2.05, 4.69) is 29.6 Å². The smallest absolute Gasteiger partial charge is 0.407 e. The van der Waals surface area contributed by atoms with Gasteiger partial charge in [-0.05, 0) is 47.3 Å². The molecule has 0 radical (unpaired) electrons. The lowest BCUT2D eigenvalue weighted by atomic mass is 9.98. The number of ether oxygens (including phenoxy) is 1. The number of carbonyl (C=O) groups is 3. The molecule has 35 heavy (non-hydrogen) atoms. The Balaban J connectivity index is 1.33. The summed E-state index contributed by atoms with van der Waals surface area (Å²) in [4.78, 5) is 38.1. The van der Waals surface area contributed by atoms with Crippen molar-refractivity contribution in [2.75, 3.05) is 31.7 Å². The van der Waals surface area contributed by atoms with E-state index in [0.717, 1.165) is 30.4 Å². The van der Waals surface area contributed by atoms with Gasteiger partial charge in [0.25, 0.3) is 0 Å². The molecule has 0 aliphatic heterocycles. The summed E-state index contributed by atoms with van der Waals surface area (Å²) in [6, 6.07) is 16.3. The Morgan fingerprint density at radius 1 is 1.06 bits per heavy atom. The van der Waals surface area contributed by atoms with Gasteiger partial charge in [-0.25, -0.2) is 4.79 Å². The highest BCUT2D eigenvalue weighted by Gasteiger charge is 2.33. The molecule has 7 nitrogen and oxygen atoms in total. The number of hydrogen-bond donors (Lipinski definition) is 2. The molecule has 0 spiro atoms. The number of hydrogen-bond acceptors (Lipinski definition) is 5. The molecule has 2 aliphatic rings. The van der Waals surface area contributed by atoms with Crippen molar-refractivity contribution in [1.82, 2.24) is 10.2 Å². The number of aliphatic carboxylic acids is 1. The first-order valence-corrected chi connectivity index (χ1v) is 13.5. The van der Waals surface area contributed by atoms with Crippen molar-refractivity contribution in [2.24, 2.45) is 5.92 Å². The van der Waals surface area contributed by atoms with E-state index in [9.17, 15) is 14.4 Å². The van der Waals surface area contributed by atoms with E-state index in [1.54, 1.807) is 11.8 Å². The maximum absolute atomic E-state index is 12.8. The van der Waals surface area contributed by atoms with Crippen molar-refractivity contribution in [2.45, 2.75) is 37.6 Å². The van der Waals surface area contributed by atoms with Crippen LogP contribution in [0.2, 0.25) is 0 Å². The molecule has 2 N–H and O–H groups in total. The molecule has 1 fully saturated rings. The summed E-state index contributed by atoms with van der Waals surface area (Å²) in [6.07, 6.45) is 4.21. The van der Waals surface area contributed by atoms with Gasteiger partial charge in [0.2, 0.25) is 5.91 Å². The van der Waals surface area contributed by atoms with Gasteiger partial charge in [0.15, 0.2) is 0 Å². The predicted octanol–water partition coefficient (Wildman–Crippen LogP) is 4.36. The van der Waals surface area contributed by atoms with Crippen molar-refractivity contribution in [3.63, 3.8) is 0 Å². The first kappa shape index (κ1) is 25.1. The van der Waals surface area contributed by atoms with Gasteiger partial charge >= 0.3 is 12.1 Å². The second kappa shape index (κ2) is 11.6. The second-order valence-electron chi connectivity index (χ2n) is 9.17. The molecule has 8 heteroatoms. The molecule has 0 unspecified atom stereocenters. The van der Waals surface area contributed by atoms with E-state index in [0.29, 0.717) is 12.3 Å². The van der Waals surface area contributed by atoms with Crippen LogP contribution in [-0.4, -0.2) is 65.7 Å². The average Bonchev–Trinajstić information content (AvgIpc) is 3.41. The third-order valence-corrected chi connectivity index (χ3v) is 7.58. The molecular weight excluding hydrogens is 464 g/mol. The third kappa shape index (κ3) is 5.99. The van der Waals surface area contributed by atoms with E-state index >= 15 is 0 Å². The van der Waals surface area contributed by atoms with Crippen molar-refractivity contribution < 1.29 is 24.2 Å². The van der Waals surface area contributed by atoms with E-state index in [1.807, 2.05) is 30.5 Å². The highest BCUT2D eigenvalue weighted by atomic mass is 32.2. The topological polar surface area (TPSA) is 95.9 Å². The number of fused-ring (bicyclic) bond motifs is 3. The van der Waals surface area contributed by atoms with Crippen molar-refractivity contribution in [3.05, 3.63) is 59.7 Å². The molecule has 0 bridgehead atoms. The SMILES string of the molecule is CSCCN(CC(=O)O)C(=O)C[C@@H]1CCC[C@H]1NC(=O)OCC1c2ccccc2-c2ccccc21. The summed E-state index contributed by atoms with van der Waals surface area (Å²) in [5.41, 5.74) is 4.68. The van der Waals surface area contributed by atoms with Gasteiger partial charge in [-0.1, -0.05) is 55.0 Å². The first-order valence-electron chi connectivity index (χ1n) is 12.1. The zero-order valence-electron chi connectivity index (χ0n) is 19.9. The van der Waals surface area contributed by atoms with Gasteiger partial charge in [-0.3, -0.25) is 9.59 Å². The predicted molar refractivity (Wildman–Crippen MR) is 137 cm³/mol. The van der Waals surface area contributed by atoms with Crippen LogP contribution in [0.4, 0.5) is 4.79 Å². The molecule has 1 saturated carbocycles. The standard InChI is InChI=1S/C27H32N2O5S/c1-35-14-13-29(16-26(31)32)25(30)15-18-7-6-12-24(18)28-27(33)34-17-23-21-10-4-2-8-19(21)20-9-3-5-11-22(20)23/h2-5,8-11,18,23-24H,6-7,12-17H2,1H3,(H,28,33)(H,31,32)/t18-,24+/m0/s1. The maximum Gasteiger partial charge on any atom is 0.407 e. The van der Waals surface area contributed by atoms with Gasteiger partial charge in [0.1, 0.15) is 13.2 Å². The number of rotatable bonds is 10. The number of carboxylic acids is 1. The van der Waals surface area contributed by atoms with Crippen LogP contribution in [0.25, 0.3) is 11.1 Å². The minimum atomic E-state index is -1.01. The Morgan fingerprint density at radius 3 is 2.34 bits per heavy atom. The molecule has 4 rings (SSSR count). The number of benzene rings is 2. The Bertz CT molecular complexity index is 1030. The summed E-state index contributed by atoms with van der Waals surface area (Å²) < 4.78 is 5.68. The van der Waals surface area contributed by atoms with Crippen LogP contribution in [0.5, 0.6) is 0 Å². The Morgan fingerprint density at radius 2 is 1.71 bits per heavy atom. The van der Waals surface area contributed by atoms with Crippen molar-refractivity contribution >= 4 is 29.7 Å². The lowest BCUT2D eigenvalue weighted by molar-refractivity contribution is -0.144. The molecule has 186 valence electrons. The highest BCUT2D eigenvalue weighted by Crippen LogP contribution is 2.44. The minimum absolute atomic E-state index is 0.00452. The maximum atomic E-state index is 12.8. The molecular formula is C27H32N2O5S. The summed E-state index contributed by atoms with van der Waals surface area (Å²) in [5.74, 6) is -0.527. The highest BCUT2D eigenvalue weighted by molar-refractivity contribution is 7.98. The largest absolute Gasteiger partial charge is 0.480 e. The quantitative estimate of drug-likeness (QED) is 0.507. The van der Waals surface area contributed by atoms with Gasteiger partial charge in [0, 0.05) is 30.7 Å².